The van der Waals surface area contributed by atoms with Crippen LogP contribution in [0.15, 0.2) is 47.0 Å². The lowest BCUT2D eigenvalue weighted by molar-refractivity contribution is -0.139. The Balaban J connectivity index is 0.00000102. The third kappa shape index (κ3) is 3.56. The van der Waals surface area contributed by atoms with Crippen molar-refractivity contribution in [3.05, 3.63) is 54.0 Å². The maximum Gasteiger partial charge on any atom is 0.309 e. The van der Waals surface area contributed by atoms with E-state index in [0.29, 0.717) is 17.0 Å². The second-order valence-electron chi connectivity index (χ2n) is 5.89. The van der Waals surface area contributed by atoms with E-state index in [4.69, 9.17) is 4.42 Å². The fraction of sp³-hybridized carbons (Fsp3) is 0.238. The molecule has 0 unspecified atom stereocenters. The highest BCUT2D eigenvalue weighted by atomic mass is 19.1. The number of oxazole rings is 1. The van der Waals surface area contributed by atoms with Crippen LogP contribution in [0.1, 0.15) is 19.4 Å². The van der Waals surface area contributed by atoms with Crippen molar-refractivity contribution in [2.24, 2.45) is 7.05 Å². The van der Waals surface area contributed by atoms with Crippen molar-refractivity contribution in [3.63, 3.8) is 0 Å². The van der Waals surface area contributed by atoms with Crippen LogP contribution in [0, 0.1) is 5.82 Å². The molecule has 0 aliphatic carbocycles. The highest BCUT2D eigenvalue weighted by Gasteiger charge is 2.16. The average molecular weight is 368 g/mol. The van der Waals surface area contributed by atoms with E-state index < -0.39 is 0 Å². The van der Waals surface area contributed by atoms with Gasteiger partial charge in [0, 0.05) is 18.6 Å². The zero-order valence-electron chi connectivity index (χ0n) is 15.7. The summed E-state index contributed by atoms with van der Waals surface area (Å²) < 4.78 is 25.9. The number of rotatable bonds is 3. The Kier molecular flexibility index (Phi) is 5.26. The third-order valence-electron chi connectivity index (χ3n) is 4.21. The van der Waals surface area contributed by atoms with E-state index in [1.165, 1.54) is 19.2 Å². The fourth-order valence-corrected chi connectivity index (χ4v) is 2.96. The number of carbonyl (C=O) groups is 1. The minimum absolute atomic E-state index is 0.177. The summed E-state index contributed by atoms with van der Waals surface area (Å²) in [6, 6.07) is 10.0. The molecule has 0 saturated heterocycles. The molecule has 0 N–H and O–H groups in total. The Morgan fingerprint density at radius 1 is 1.22 bits per heavy atom. The summed E-state index contributed by atoms with van der Waals surface area (Å²) in [6.07, 6.45) is 2.04. The molecule has 0 amide bonds. The molecule has 4 aromatic rings. The summed E-state index contributed by atoms with van der Waals surface area (Å²) >= 11 is 0. The Hall–Kier alpha value is -3.15. The standard InChI is InChI=1S/C19H15FN2O3.C2H6/c1-22-10-14(13-5-4-12(20)9-16(13)22)19-21-15-6-3-11(7-17(15)25-19)8-18(23)24-2;1-2/h3-7,9-10H,8H2,1-2H3;1-2H3. The number of halogens is 1. The third-order valence-corrected chi connectivity index (χ3v) is 4.21. The molecule has 0 saturated carbocycles. The summed E-state index contributed by atoms with van der Waals surface area (Å²) in [7, 11) is 3.21. The number of nitrogens with zero attached hydrogens (tertiary/aromatic N) is 2. The summed E-state index contributed by atoms with van der Waals surface area (Å²) in [4.78, 5) is 15.9. The number of hydrogen-bond donors (Lipinski definition) is 0. The van der Waals surface area contributed by atoms with Gasteiger partial charge in [0.15, 0.2) is 5.58 Å². The van der Waals surface area contributed by atoms with Crippen LogP contribution in [0.4, 0.5) is 4.39 Å². The van der Waals surface area contributed by atoms with Gasteiger partial charge >= 0.3 is 5.97 Å². The molecular formula is C21H21FN2O3. The normalized spacial score (nSPS) is 10.7. The minimum Gasteiger partial charge on any atom is -0.469 e. The summed E-state index contributed by atoms with van der Waals surface area (Å²) in [5, 5.41) is 0.866. The van der Waals surface area contributed by atoms with Gasteiger partial charge in [-0.15, -0.1) is 0 Å². The number of aromatic nitrogens is 2. The second kappa shape index (κ2) is 7.61. The first-order valence-electron chi connectivity index (χ1n) is 8.76. The molecule has 2 aromatic heterocycles. The second-order valence-corrected chi connectivity index (χ2v) is 5.89. The smallest absolute Gasteiger partial charge is 0.309 e. The first kappa shape index (κ1) is 18.6. The summed E-state index contributed by atoms with van der Waals surface area (Å²) in [5.41, 5.74) is 3.65. The predicted molar refractivity (Wildman–Crippen MR) is 103 cm³/mol. The highest BCUT2D eigenvalue weighted by molar-refractivity contribution is 5.95. The number of methoxy groups -OCH3 is 1. The molecule has 0 atom stereocenters. The Labute approximate surface area is 156 Å². The molecule has 2 heterocycles. The average Bonchev–Trinajstić information content (AvgIpc) is 3.24. The Bertz CT molecular complexity index is 1110. The quantitative estimate of drug-likeness (QED) is 0.484. The molecule has 0 bridgehead atoms. The Morgan fingerprint density at radius 2 is 2.00 bits per heavy atom. The molecule has 27 heavy (non-hydrogen) atoms. The molecule has 4 rings (SSSR count). The van der Waals surface area contributed by atoms with Gasteiger partial charge in [-0.1, -0.05) is 19.9 Å². The van der Waals surface area contributed by atoms with Gasteiger partial charge in [0.2, 0.25) is 5.89 Å². The maximum atomic E-state index is 13.5. The molecule has 5 nitrogen and oxygen atoms in total. The molecular weight excluding hydrogens is 347 g/mol. The van der Waals surface area contributed by atoms with E-state index >= 15 is 0 Å². The van der Waals surface area contributed by atoms with Crippen molar-refractivity contribution >= 4 is 28.0 Å². The molecule has 0 spiro atoms. The van der Waals surface area contributed by atoms with Gasteiger partial charge in [-0.3, -0.25) is 4.79 Å². The zero-order valence-corrected chi connectivity index (χ0v) is 15.7. The largest absolute Gasteiger partial charge is 0.469 e. The van der Waals surface area contributed by atoms with Crippen LogP contribution in [0.5, 0.6) is 0 Å². The maximum absolute atomic E-state index is 13.5. The number of carbonyl (C=O) groups excluding carboxylic acids is 1. The first-order valence-corrected chi connectivity index (χ1v) is 8.76. The van der Waals surface area contributed by atoms with Crippen molar-refractivity contribution in [1.29, 1.82) is 0 Å². The first-order chi connectivity index (χ1) is 13.0. The number of benzene rings is 2. The predicted octanol–water partition coefficient (Wildman–Crippen LogP) is 4.87. The molecule has 2 aromatic carbocycles. The van der Waals surface area contributed by atoms with Crippen LogP contribution < -0.4 is 0 Å². The molecule has 6 heteroatoms. The van der Waals surface area contributed by atoms with E-state index in [1.54, 1.807) is 12.1 Å². The van der Waals surface area contributed by atoms with Gasteiger partial charge in [-0.2, -0.15) is 0 Å². The number of aryl methyl sites for hydroxylation is 1. The minimum atomic E-state index is -0.310. The zero-order chi connectivity index (χ0) is 19.6. The van der Waals surface area contributed by atoms with Crippen molar-refractivity contribution in [3.8, 4) is 11.5 Å². The van der Waals surface area contributed by atoms with Crippen LogP contribution in [-0.4, -0.2) is 22.6 Å². The van der Waals surface area contributed by atoms with E-state index in [1.807, 2.05) is 43.8 Å². The van der Waals surface area contributed by atoms with E-state index in [0.717, 1.165) is 22.0 Å². The molecule has 0 radical (unpaired) electrons. The number of esters is 1. The van der Waals surface area contributed by atoms with E-state index in [9.17, 15) is 9.18 Å². The SMILES string of the molecule is CC.COC(=O)Cc1ccc2nc(-c3cn(C)c4cc(F)ccc34)oc2c1. The van der Waals surface area contributed by atoms with E-state index in [-0.39, 0.29) is 18.2 Å². The lowest BCUT2D eigenvalue weighted by atomic mass is 10.1. The molecule has 0 aliphatic rings. The fourth-order valence-electron chi connectivity index (χ4n) is 2.96. The van der Waals surface area contributed by atoms with Crippen LogP contribution in [0.2, 0.25) is 0 Å². The number of hydrogen-bond acceptors (Lipinski definition) is 4. The van der Waals surface area contributed by atoms with Crippen molar-refractivity contribution in [1.82, 2.24) is 9.55 Å². The van der Waals surface area contributed by atoms with Gasteiger partial charge in [0.1, 0.15) is 11.3 Å². The van der Waals surface area contributed by atoms with Crippen LogP contribution in [0.25, 0.3) is 33.5 Å². The van der Waals surface area contributed by atoms with Gasteiger partial charge in [-0.05, 0) is 35.9 Å². The van der Waals surface area contributed by atoms with Crippen LogP contribution in [0.3, 0.4) is 0 Å². The Morgan fingerprint density at radius 3 is 2.74 bits per heavy atom. The van der Waals surface area contributed by atoms with Gasteiger partial charge in [0.05, 0.1) is 24.6 Å². The lowest BCUT2D eigenvalue weighted by Gasteiger charge is -1.98. The van der Waals surface area contributed by atoms with Crippen molar-refractivity contribution < 1.29 is 18.3 Å². The van der Waals surface area contributed by atoms with Crippen molar-refractivity contribution in [2.45, 2.75) is 20.3 Å². The monoisotopic (exact) mass is 368 g/mol. The highest BCUT2D eigenvalue weighted by Crippen LogP contribution is 2.32. The van der Waals surface area contributed by atoms with Crippen LogP contribution in [-0.2, 0) is 23.0 Å². The summed E-state index contributed by atoms with van der Waals surface area (Å²) in [6.45, 7) is 4.00. The molecule has 0 fully saturated rings. The number of fused-ring (bicyclic) bond motifs is 2. The molecule has 140 valence electrons. The van der Waals surface area contributed by atoms with Crippen LogP contribution >= 0.6 is 0 Å². The lowest BCUT2D eigenvalue weighted by Crippen LogP contribution is -2.03. The van der Waals surface area contributed by atoms with Gasteiger partial charge in [-0.25, -0.2) is 9.37 Å². The van der Waals surface area contributed by atoms with Gasteiger partial charge < -0.3 is 13.7 Å². The van der Waals surface area contributed by atoms with E-state index in [2.05, 4.69) is 9.72 Å². The number of ether oxygens (including phenoxy) is 1. The molecule has 0 aliphatic heterocycles. The summed E-state index contributed by atoms with van der Waals surface area (Å²) in [5.74, 6) is -0.136. The van der Waals surface area contributed by atoms with Crippen molar-refractivity contribution in [2.75, 3.05) is 7.11 Å². The topological polar surface area (TPSA) is 57.3 Å². The van der Waals surface area contributed by atoms with Gasteiger partial charge in [0.25, 0.3) is 0 Å².